The van der Waals surface area contributed by atoms with Crippen molar-refractivity contribution in [3.05, 3.63) is 95.1 Å². The van der Waals surface area contributed by atoms with E-state index in [4.69, 9.17) is 8.83 Å². The molecule has 8 nitrogen and oxygen atoms in total. The van der Waals surface area contributed by atoms with E-state index in [9.17, 15) is 10.1 Å². The first-order chi connectivity index (χ1) is 14.7. The zero-order valence-electron chi connectivity index (χ0n) is 15.5. The number of aromatic nitrogens is 2. The second-order valence-electron chi connectivity index (χ2n) is 6.45. The van der Waals surface area contributed by atoms with Gasteiger partial charge in [-0.25, -0.2) is 9.98 Å². The Morgan fingerprint density at radius 1 is 1.00 bits per heavy atom. The van der Waals surface area contributed by atoms with Gasteiger partial charge in [-0.05, 0) is 48.5 Å². The molecule has 1 aromatic carbocycles. The van der Waals surface area contributed by atoms with E-state index in [0.717, 1.165) is 11.2 Å². The van der Waals surface area contributed by atoms with Gasteiger partial charge in [-0.2, -0.15) is 0 Å². The van der Waals surface area contributed by atoms with Crippen LogP contribution in [0.5, 0.6) is 0 Å². The predicted octanol–water partition coefficient (Wildman–Crippen LogP) is 5.51. The maximum Gasteiger partial charge on any atom is 0.269 e. The number of nitro groups is 1. The lowest BCUT2D eigenvalue weighted by Gasteiger charge is -1.98. The van der Waals surface area contributed by atoms with E-state index < -0.39 is 4.92 Å². The highest BCUT2D eigenvalue weighted by Crippen LogP contribution is 2.31. The lowest BCUT2D eigenvalue weighted by Crippen LogP contribution is -1.86. The fourth-order valence-electron chi connectivity index (χ4n) is 3.13. The predicted molar refractivity (Wildman–Crippen MR) is 111 cm³/mol. The van der Waals surface area contributed by atoms with Crippen LogP contribution in [0.15, 0.2) is 93.0 Å². The van der Waals surface area contributed by atoms with Crippen molar-refractivity contribution < 1.29 is 13.8 Å². The summed E-state index contributed by atoms with van der Waals surface area (Å²) in [6.45, 7) is 0. The van der Waals surface area contributed by atoms with Gasteiger partial charge < -0.3 is 8.83 Å². The second-order valence-corrected chi connectivity index (χ2v) is 6.45. The summed E-state index contributed by atoms with van der Waals surface area (Å²) in [4.78, 5) is 19.6. The zero-order chi connectivity index (χ0) is 20.5. The lowest BCUT2D eigenvalue weighted by atomic mass is 10.1. The number of nitro benzene ring substituents is 1. The Balaban J connectivity index is 1.48. The molecule has 0 spiro atoms. The third-order valence-electron chi connectivity index (χ3n) is 4.56. The number of imidazole rings is 1. The summed E-state index contributed by atoms with van der Waals surface area (Å²) in [5.41, 5.74) is 2.16. The zero-order valence-corrected chi connectivity index (χ0v) is 15.5. The summed E-state index contributed by atoms with van der Waals surface area (Å²) >= 11 is 0. The van der Waals surface area contributed by atoms with Crippen LogP contribution in [0, 0.1) is 10.1 Å². The minimum Gasteiger partial charge on any atom is -0.463 e. The highest BCUT2D eigenvalue weighted by molar-refractivity contribution is 5.83. The molecule has 5 aromatic rings. The Morgan fingerprint density at radius 3 is 2.63 bits per heavy atom. The van der Waals surface area contributed by atoms with Crippen LogP contribution in [0.25, 0.3) is 28.4 Å². The molecule has 0 amide bonds. The summed E-state index contributed by atoms with van der Waals surface area (Å²) in [5, 5.41) is 10.8. The number of hydrogen-bond acceptors (Lipinski definition) is 6. The molecule has 0 radical (unpaired) electrons. The van der Waals surface area contributed by atoms with Gasteiger partial charge >= 0.3 is 0 Å². The monoisotopic (exact) mass is 398 g/mol. The molecule has 8 heteroatoms. The average Bonchev–Trinajstić information content (AvgIpc) is 3.51. The van der Waals surface area contributed by atoms with Crippen molar-refractivity contribution in [3.8, 4) is 22.8 Å². The van der Waals surface area contributed by atoms with Crippen LogP contribution in [0.2, 0.25) is 0 Å². The Bertz CT molecular complexity index is 1360. The van der Waals surface area contributed by atoms with Crippen LogP contribution >= 0.6 is 0 Å². The highest BCUT2D eigenvalue weighted by Gasteiger charge is 2.15. The third kappa shape index (κ3) is 3.16. The van der Waals surface area contributed by atoms with Crippen LogP contribution in [0.4, 0.5) is 11.5 Å². The largest absolute Gasteiger partial charge is 0.463 e. The topological polar surface area (TPSA) is 99.1 Å². The van der Waals surface area contributed by atoms with Crippen LogP contribution in [0.1, 0.15) is 5.76 Å². The minimum atomic E-state index is -0.434. The molecule has 0 bridgehead atoms. The van der Waals surface area contributed by atoms with Crippen molar-refractivity contribution >= 4 is 23.4 Å². The Hall–Kier alpha value is -4.46. The first-order valence-corrected chi connectivity index (χ1v) is 9.09. The summed E-state index contributed by atoms with van der Waals surface area (Å²) in [7, 11) is 0. The molecule has 0 aliphatic rings. The number of fused-ring (bicyclic) bond motifs is 1. The van der Waals surface area contributed by atoms with Gasteiger partial charge in [0.15, 0.2) is 17.3 Å². The molecule has 0 saturated heterocycles. The summed E-state index contributed by atoms with van der Waals surface area (Å²) in [5.74, 6) is 2.38. The fraction of sp³-hybridized carbons (Fsp3) is 0. The third-order valence-corrected chi connectivity index (χ3v) is 4.56. The van der Waals surface area contributed by atoms with Gasteiger partial charge in [0.2, 0.25) is 0 Å². The van der Waals surface area contributed by atoms with Crippen molar-refractivity contribution in [3.63, 3.8) is 0 Å². The molecule has 5 rings (SSSR count). The molecule has 0 N–H and O–H groups in total. The normalized spacial score (nSPS) is 11.5. The molecule has 0 unspecified atom stereocenters. The highest BCUT2D eigenvalue weighted by atomic mass is 16.6. The van der Waals surface area contributed by atoms with Gasteiger partial charge in [-0.1, -0.05) is 6.07 Å². The minimum absolute atomic E-state index is 0.0326. The number of hydrogen-bond donors (Lipinski definition) is 0. The molecule has 4 heterocycles. The Kier molecular flexibility index (Phi) is 4.21. The van der Waals surface area contributed by atoms with Crippen molar-refractivity contribution in [1.82, 2.24) is 9.38 Å². The SMILES string of the molecule is O=[N+]([O-])c1ccc(-c2ccc(/C=N/c3c(-c4ccco4)nc4ccccn34)o2)cc1. The van der Waals surface area contributed by atoms with Crippen LogP contribution in [0.3, 0.4) is 0 Å². The van der Waals surface area contributed by atoms with E-state index in [0.29, 0.717) is 28.8 Å². The quantitative estimate of drug-likeness (QED) is 0.221. The van der Waals surface area contributed by atoms with E-state index >= 15 is 0 Å². The van der Waals surface area contributed by atoms with Crippen LogP contribution in [-0.2, 0) is 0 Å². The van der Waals surface area contributed by atoms with Gasteiger partial charge in [0.25, 0.3) is 5.69 Å². The molecular weight excluding hydrogens is 384 g/mol. The first kappa shape index (κ1) is 17.6. The van der Waals surface area contributed by atoms with Gasteiger partial charge in [-0.3, -0.25) is 14.5 Å². The Morgan fingerprint density at radius 2 is 1.87 bits per heavy atom. The number of rotatable bonds is 5. The standard InChI is InChI=1S/C22H14N4O4/c27-26(28)16-8-6-15(7-9-16)18-11-10-17(30-18)14-23-22-21(19-4-3-13-29-19)24-20-5-1-2-12-25(20)22/h1-14H/b23-14+. The van der Waals surface area contributed by atoms with Gasteiger partial charge in [0, 0.05) is 23.9 Å². The van der Waals surface area contributed by atoms with E-state index in [2.05, 4.69) is 9.98 Å². The molecule has 0 fully saturated rings. The van der Waals surface area contributed by atoms with Gasteiger partial charge in [0.05, 0.1) is 17.4 Å². The lowest BCUT2D eigenvalue weighted by molar-refractivity contribution is -0.384. The number of aliphatic imine (C=N–C) groups is 1. The molecule has 4 aromatic heterocycles. The molecule has 30 heavy (non-hydrogen) atoms. The van der Waals surface area contributed by atoms with E-state index in [1.807, 2.05) is 34.9 Å². The molecular formula is C22H14N4O4. The maximum atomic E-state index is 10.8. The van der Waals surface area contributed by atoms with E-state index in [1.54, 1.807) is 42.8 Å². The van der Waals surface area contributed by atoms with E-state index in [1.165, 1.54) is 12.1 Å². The molecule has 0 atom stereocenters. The van der Waals surface area contributed by atoms with Gasteiger partial charge in [-0.15, -0.1) is 0 Å². The molecule has 0 aliphatic carbocycles. The maximum absolute atomic E-state index is 10.8. The van der Waals surface area contributed by atoms with Crippen molar-refractivity contribution in [2.45, 2.75) is 0 Å². The van der Waals surface area contributed by atoms with Crippen LogP contribution in [-0.4, -0.2) is 20.5 Å². The van der Waals surface area contributed by atoms with Crippen LogP contribution < -0.4 is 0 Å². The number of benzene rings is 1. The van der Waals surface area contributed by atoms with Gasteiger partial charge in [0.1, 0.15) is 17.2 Å². The molecule has 0 saturated carbocycles. The number of non-ortho nitro benzene ring substituents is 1. The van der Waals surface area contributed by atoms with Crippen molar-refractivity contribution in [1.29, 1.82) is 0 Å². The summed E-state index contributed by atoms with van der Waals surface area (Å²) in [6.07, 6.45) is 5.08. The average molecular weight is 398 g/mol. The fourth-order valence-corrected chi connectivity index (χ4v) is 3.13. The summed E-state index contributed by atoms with van der Waals surface area (Å²) < 4.78 is 13.2. The second kappa shape index (κ2) is 7.17. The van der Waals surface area contributed by atoms with E-state index in [-0.39, 0.29) is 5.69 Å². The first-order valence-electron chi connectivity index (χ1n) is 9.09. The Labute approximate surface area is 169 Å². The molecule has 0 aliphatic heterocycles. The van der Waals surface area contributed by atoms with Crippen molar-refractivity contribution in [2.24, 2.45) is 4.99 Å². The molecule has 146 valence electrons. The van der Waals surface area contributed by atoms with Crippen molar-refractivity contribution in [2.75, 3.05) is 0 Å². The smallest absolute Gasteiger partial charge is 0.269 e. The number of furan rings is 2. The number of nitrogens with zero attached hydrogens (tertiary/aromatic N) is 4. The summed E-state index contributed by atoms with van der Waals surface area (Å²) in [6, 6.07) is 19.1. The number of pyridine rings is 1.